The van der Waals surface area contributed by atoms with Gasteiger partial charge in [-0.2, -0.15) is 0 Å². The SMILES string of the molecule is CCCC1CCCCN1C(=O)N(CC(=O)O)CC1CC1. The Morgan fingerprint density at radius 1 is 1.25 bits per heavy atom. The molecule has 1 N–H and O–H groups in total. The van der Waals surface area contributed by atoms with E-state index in [1.807, 2.05) is 4.90 Å². The number of amides is 2. The number of piperidine rings is 1. The molecule has 2 fully saturated rings. The lowest BCUT2D eigenvalue weighted by Gasteiger charge is -2.38. The first-order chi connectivity index (χ1) is 9.61. The van der Waals surface area contributed by atoms with E-state index in [1.165, 1.54) is 6.42 Å². The van der Waals surface area contributed by atoms with Crippen LogP contribution < -0.4 is 0 Å². The Kier molecular flexibility index (Phi) is 5.26. The zero-order valence-electron chi connectivity index (χ0n) is 12.4. The summed E-state index contributed by atoms with van der Waals surface area (Å²) in [6, 6.07) is 0.245. The number of aliphatic carboxylic acids is 1. The summed E-state index contributed by atoms with van der Waals surface area (Å²) in [6.45, 7) is 3.37. The summed E-state index contributed by atoms with van der Waals surface area (Å²) in [6.07, 6.45) is 7.62. The van der Waals surface area contributed by atoms with Gasteiger partial charge in [0.25, 0.3) is 0 Å². The zero-order chi connectivity index (χ0) is 14.5. The molecule has 0 aromatic rings. The first-order valence-corrected chi connectivity index (χ1v) is 7.89. The van der Waals surface area contributed by atoms with Gasteiger partial charge in [0.2, 0.25) is 0 Å². The van der Waals surface area contributed by atoms with Crippen molar-refractivity contribution in [2.75, 3.05) is 19.6 Å². The third-order valence-electron chi connectivity index (χ3n) is 4.27. The van der Waals surface area contributed by atoms with Gasteiger partial charge in [0.1, 0.15) is 6.54 Å². The monoisotopic (exact) mass is 282 g/mol. The average molecular weight is 282 g/mol. The number of urea groups is 1. The minimum Gasteiger partial charge on any atom is -0.480 e. The van der Waals surface area contributed by atoms with Gasteiger partial charge in [0.05, 0.1) is 0 Å². The Bertz CT molecular complexity index is 353. The summed E-state index contributed by atoms with van der Waals surface area (Å²) in [5.74, 6) is -0.393. The number of carboxylic acid groups (broad SMARTS) is 1. The van der Waals surface area contributed by atoms with E-state index in [1.54, 1.807) is 4.90 Å². The first-order valence-electron chi connectivity index (χ1n) is 7.89. The first kappa shape index (κ1) is 15.1. The molecular formula is C15H26N2O3. The normalized spacial score (nSPS) is 22.6. The third-order valence-corrected chi connectivity index (χ3v) is 4.27. The molecule has 20 heavy (non-hydrogen) atoms. The van der Waals surface area contributed by atoms with Crippen molar-refractivity contribution in [2.45, 2.75) is 57.9 Å². The van der Waals surface area contributed by atoms with Crippen molar-refractivity contribution in [1.29, 1.82) is 0 Å². The van der Waals surface area contributed by atoms with Crippen LogP contribution in [0.4, 0.5) is 4.79 Å². The van der Waals surface area contributed by atoms with E-state index in [0.29, 0.717) is 18.5 Å². The highest BCUT2D eigenvalue weighted by Crippen LogP contribution is 2.30. The summed E-state index contributed by atoms with van der Waals surface area (Å²) in [4.78, 5) is 27.1. The number of hydrogen-bond acceptors (Lipinski definition) is 2. The predicted molar refractivity (Wildman–Crippen MR) is 76.6 cm³/mol. The van der Waals surface area contributed by atoms with Crippen molar-refractivity contribution in [1.82, 2.24) is 9.80 Å². The Morgan fingerprint density at radius 3 is 2.60 bits per heavy atom. The molecule has 1 unspecified atom stereocenters. The second kappa shape index (κ2) is 6.95. The van der Waals surface area contributed by atoms with Crippen molar-refractivity contribution >= 4 is 12.0 Å². The van der Waals surface area contributed by atoms with Gasteiger partial charge in [-0.05, 0) is 44.4 Å². The van der Waals surface area contributed by atoms with Crippen LogP contribution in [0.2, 0.25) is 0 Å². The molecule has 2 aliphatic rings. The second-order valence-electron chi connectivity index (χ2n) is 6.13. The fraction of sp³-hybridized carbons (Fsp3) is 0.867. The van der Waals surface area contributed by atoms with Gasteiger partial charge in [-0.25, -0.2) is 4.79 Å². The standard InChI is InChI=1S/C15H26N2O3/c1-2-5-13-6-3-4-9-17(13)15(20)16(11-14(18)19)10-12-7-8-12/h12-13H,2-11H2,1H3,(H,18,19). The van der Waals surface area contributed by atoms with Crippen molar-refractivity contribution in [2.24, 2.45) is 5.92 Å². The lowest BCUT2D eigenvalue weighted by atomic mass is 9.98. The van der Waals surface area contributed by atoms with Gasteiger partial charge in [-0.15, -0.1) is 0 Å². The number of hydrogen-bond donors (Lipinski definition) is 1. The van der Waals surface area contributed by atoms with Crippen LogP contribution in [0.3, 0.4) is 0 Å². The predicted octanol–water partition coefficient (Wildman–Crippen LogP) is 2.56. The molecule has 114 valence electrons. The fourth-order valence-electron chi connectivity index (χ4n) is 3.05. The quantitative estimate of drug-likeness (QED) is 0.814. The van der Waals surface area contributed by atoms with Crippen molar-refractivity contribution < 1.29 is 14.7 Å². The molecule has 0 spiro atoms. The molecule has 1 aliphatic carbocycles. The number of nitrogens with zero attached hydrogens (tertiary/aromatic N) is 2. The maximum Gasteiger partial charge on any atom is 0.323 e. The molecule has 1 saturated heterocycles. The van der Waals surface area contributed by atoms with Gasteiger partial charge in [0.15, 0.2) is 0 Å². The van der Waals surface area contributed by atoms with E-state index in [2.05, 4.69) is 6.92 Å². The summed E-state index contributed by atoms with van der Waals surface area (Å²) in [5.41, 5.74) is 0. The van der Waals surface area contributed by atoms with E-state index in [0.717, 1.165) is 45.1 Å². The smallest absolute Gasteiger partial charge is 0.323 e. The van der Waals surface area contributed by atoms with Crippen LogP contribution in [0.1, 0.15) is 51.9 Å². The summed E-state index contributed by atoms with van der Waals surface area (Å²) >= 11 is 0. The van der Waals surface area contributed by atoms with Gasteiger partial charge in [-0.3, -0.25) is 4.79 Å². The van der Waals surface area contributed by atoms with Crippen molar-refractivity contribution in [3.63, 3.8) is 0 Å². The molecule has 5 heteroatoms. The molecule has 2 amide bonds. The number of likely N-dealkylation sites (tertiary alicyclic amines) is 1. The largest absolute Gasteiger partial charge is 0.480 e. The van der Waals surface area contributed by atoms with Gasteiger partial charge in [-0.1, -0.05) is 13.3 Å². The molecule has 5 nitrogen and oxygen atoms in total. The topological polar surface area (TPSA) is 60.9 Å². The Hall–Kier alpha value is -1.26. The van der Waals surface area contributed by atoms with E-state index >= 15 is 0 Å². The molecule has 0 aromatic heterocycles. The third kappa shape index (κ3) is 4.12. The highest BCUT2D eigenvalue weighted by Gasteiger charge is 2.33. The molecule has 1 saturated carbocycles. The van der Waals surface area contributed by atoms with Crippen LogP contribution in [-0.4, -0.2) is 52.6 Å². The van der Waals surface area contributed by atoms with E-state index < -0.39 is 5.97 Å². The molecular weight excluding hydrogens is 256 g/mol. The number of carbonyl (C=O) groups excluding carboxylic acids is 1. The lowest BCUT2D eigenvalue weighted by Crippen LogP contribution is -2.52. The van der Waals surface area contributed by atoms with Crippen LogP contribution in [0, 0.1) is 5.92 Å². The van der Waals surface area contributed by atoms with E-state index in [4.69, 9.17) is 5.11 Å². The highest BCUT2D eigenvalue weighted by molar-refractivity contribution is 5.80. The van der Waals surface area contributed by atoms with Crippen LogP contribution in [0.25, 0.3) is 0 Å². The Morgan fingerprint density at radius 2 is 2.00 bits per heavy atom. The van der Waals surface area contributed by atoms with Crippen LogP contribution in [-0.2, 0) is 4.79 Å². The van der Waals surface area contributed by atoms with Gasteiger partial charge in [0, 0.05) is 19.1 Å². The maximum atomic E-state index is 12.7. The average Bonchev–Trinajstić information content (AvgIpc) is 3.22. The van der Waals surface area contributed by atoms with Crippen LogP contribution in [0.5, 0.6) is 0 Å². The van der Waals surface area contributed by atoms with Gasteiger partial charge >= 0.3 is 12.0 Å². The van der Waals surface area contributed by atoms with E-state index in [9.17, 15) is 9.59 Å². The highest BCUT2D eigenvalue weighted by atomic mass is 16.4. The van der Waals surface area contributed by atoms with Crippen LogP contribution >= 0.6 is 0 Å². The molecule has 1 heterocycles. The minimum atomic E-state index is -0.914. The molecule has 0 aromatic carbocycles. The minimum absolute atomic E-state index is 0.0579. The molecule has 2 rings (SSSR count). The summed E-state index contributed by atoms with van der Waals surface area (Å²) in [7, 11) is 0. The molecule has 0 radical (unpaired) electrons. The summed E-state index contributed by atoms with van der Waals surface area (Å²) < 4.78 is 0. The Labute approximate surface area is 120 Å². The number of rotatable bonds is 6. The zero-order valence-corrected chi connectivity index (χ0v) is 12.4. The lowest BCUT2D eigenvalue weighted by molar-refractivity contribution is -0.137. The van der Waals surface area contributed by atoms with Crippen molar-refractivity contribution in [3.8, 4) is 0 Å². The molecule has 1 aliphatic heterocycles. The number of carboxylic acids is 1. The second-order valence-corrected chi connectivity index (χ2v) is 6.13. The fourth-order valence-corrected chi connectivity index (χ4v) is 3.05. The van der Waals surface area contributed by atoms with Crippen molar-refractivity contribution in [3.05, 3.63) is 0 Å². The van der Waals surface area contributed by atoms with Crippen LogP contribution in [0.15, 0.2) is 0 Å². The van der Waals surface area contributed by atoms with Gasteiger partial charge < -0.3 is 14.9 Å². The maximum absolute atomic E-state index is 12.7. The summed E-state index contributed by atoms with van der Waals surface area (Å²) in [5, 5.41) is 9.02. The number of carbonyl (C=O) groups is 2. The molecule has 0 bridgehead atoms. The van der Waals surface area contributed by atoms with E-state index in [-0.39, 0.29) is 12.6 Å². The Balaban J connectivity index is 2.00. The molecule has 1 atom stereocenters.